The minimum atomic E-state index is -3.16. The summed E-state index contributed by atoms with van der Waals surface area (Å²) in [5.41, 5.74) is 0. The zero-order valence-corrected chi connectivity index (χ0v) is 11.9. The van der Waals surface area contributed by atoms with Gasteiger partial charge in [0.25, 0.3) is 0 Å². The van der Waals surface area contributed by atoms with Gasteiger partial charge in [0.1, 0.15) is 0 Å². The second kappa shape index (κ2) is 6.29. The van der Waals surface area contributed by atoms with Gasteiger partial charge in [-0.15, -0.1) is 4.83 Å². The summed E-state index contributed by atoms with van der Waals surface area (Å²) in [5, 5.41) is 5.14. The molecule has 2 fully saturated rings. The molecule has 18 heavy (non-hydrogen) atoms. The standard InChI is InChI=1S/C11H24N4O2S/c1-14-6-8-15(9-7-14)13-18(16,17)10-2-5-12-11-3-4-11/h11-13H,2-10H2,1H3. The Balaban J connectivity index is 1.62. The van der Waals surface area contributed by atoms with Crippen LogP contribution in [0.15, 0.2) is 0 Å². The molecule has 0 spiro atoms. The molecule has 106 valence electrons. The van der Waals surface area contributed by atoms with Gasteiger partial charge in [0.05, 0.1) is 5.75 Å². The molecule has 0 unspecified atom stereocenters. The van der Waals surface area contributed by atoms with Crippen molar-refractivity contribution >= 4 is 10.0 Å². The van der Waals surface area contributed by atoms with Gasteiger partial charge in [0.2, 0.25) is 10.0 Å². The second-order valence-corrected chi connectivity index (χ2v) is 7.10. The monoisotopic (exact) mass is 276 g/mol. The average Bonchev–Trinajstić information content (AvgIpc) is 3.11. The summed E-state index contributed by atoms with van der Waals surface area (Å²) in [6.45, 7) is 4.14. The summed E-state index contributed by atoms with van der Waals surface area (Å²) in [4.78, 5) is 4.87. The summed E-state index contributed by atoms with van der Waals surface area (Å²) >= 11 is 0. The summed E-state index contributed by atoms with van der Waals surface area (Å²) in [7, 11) is -1.11. The third kappa shape index (κ3) is 5.19. The molecule has 1 aliphatic heterocycles. The third-order valence-corrected chi connectivity index (χ3v) is 4.73. The molecule has 2 rings (SSSR count). The van der Waals surface area contributed by atoms with E-state index in [0.29, 0.717) is 12.5 Å². The van der Waals surface area contributed by atoms with Crippen molar-refractivity contribution in [3.63, 3.8) is 0 Å². The first-order valence-corrected chi connectivity index (χ1v) is 8.37. The minimum Gasteiger partial charge on any atom is -0.314 e. The van der Waals surface area contributed by atoms with E-state index in [-0.39, 0.29) is 5.75 Å². The predicted octanol–water partition coefficient (Wildman–Crippen LogP) is -0.790. The summed E-state index contributed by atoms with van der Waals surface area (Å²) in [6, 6.07) is 0.651. The molecule has 1 saturated carbocycles. The number of rotatable bonds is 7. The second-order valence-electron chi connectivity index (χ2n) is 5.28. The average molecular weight is 276 g/mol. The number of likely N-dealkylation sites (N-methyl/N-ethyl adjacent to an activating group) is 1. The fraction of sp³-hybridized carbons (Fsp3) is 1.00. The van der Waals surface area contributed by atoms with Crippen molar-refractivity contribution < 1.29 is 8.42 Å². The molecule has 1 aliphatic carbocycles. The van der Waals surface area contributed by atoms with E-state index in [1.54, 1.807) is 0 Å². The lowest BCUT2D eigenvalue weighted by molar-refractivity contribution is 0.135. The van der Waals surface area contributed by atoms with Crippen molar-refractivity contribution in [2.45, 2.75) is 25.3 Å². The van der Waals surface area contributed by atoms with Crippen LogP contribution in [0.2, 0.25) is 0 Å². The van der Waals surface area contributed by atoms with Gasteiger partial charge in [-0.05, 0) is 32.9 Å². The van der Waals surface area contributed by atoms with Gasteiger partial charge in [-0.1, -0.05) is 0 Å². The summed E-state index contributed by atoms with van der Waals surface area (Å²) < 4.78 is 23.7. The normalized spacial score (nSPS) is 23.4. The molecule has 0 radical (unpaired) electrons. The Labute approximate surface area is 110 Å². The molecule has 6 nitrogen and oxygen atoms in total. The molecule has 2 N–H and O–H groups in total. The van der Waals surface area contributed by atoms with E-state index in [0.717, 1.165) is 32.7 Å². The first-order chi connectivity index (χ1) is 8.55. The lowest BCUT2D eigenvalue weighted by Crippen LogP contribution is -2.52. The molecule has 0 aromatic rings. The van der Waals surface area contributed by atoms with Crippen LogP contribution in [0.1, 0.15) is 19.3 Å². The maximum absolute atomic E-state index is 11.8. The van der Waals surface area contributed by atoms with Gasteiger partial charge in [-0.2, -0.15) is 0 Å². The number of nitrogens with zero attached hydrogens (tertiary/aromatic N) is 2. The Morgan fingerprint density at radius 3 is 2.44 bits per heavy atom. The lowest BCUT2D eigenvalue weighted by Gasteiger charge is -2.32. The topological polar surface area (TPSA) is 64.7 Å². The zero-order chi connectivity index (χ0) is 13.0. The molecule has 2 aliphatic rings. The van der Waals surface area contributed by atoms with Crippen molar-refractivity contribution in [2.75, 3.05) is 45.5 Å². The molecule has 0 bridgehead atoms. The van der Waals surface area contributed by atoms with Crippen LogP contribution < -0.4 is 10.1 Å². The van der Waals surface area contributed by atoms with E-state index in [4.69, 9.17) is 0 Å². The highest BCUT2D eigenvalue weighted by Gasteiger charge is 2.21. The van der Waals surface area contributed by atoms with Gasteiger partial charge in [-0.25, -0.2) is 13.4 Å². The van der Waals surface area contributed by atoms with Crippen LogP contribution in [-0.2, 0) is 10.0 Å². The van der Waals surface area contributed by atoms with E-state index in [9.17, 15) is 8.42 Å². The van der Waals surface area contributed by atoms with E-state index in [2.05, 4.69) is 22.1 Å². The van der Waals surface area contributed by atoms with Crippen molar-refractivity contribution in [3.8, 4) is 0 Å². The van der Waals surface area contributed by atoms with E-state index in [1.165, 1.54) is 12.8 Å². The van der Waals surface area contributed by atoms with Crippen molar-refractivity contribution in [1.82, 2.24) is 20.1 Å². The quantitative estimate of drug-likeness (QED) is 0.597. The highest BCUT2D eigenvalue weighted by Crippen LogP contribution is 2.18. The molecular formula is C11H24N4O2S. The Morgan fingerprint density at radius 2 is 1.83 bits per heavy atom. The first kappa shape index (κ1) is 14.2. The van der Waals surface area contributed by atoms with Crippen molar-refractivity contribution in [3.05, 3.63) is 0 Å². The Morgan fingerprint density at radius 1 is 1.17 bits per heavy atom. The molecule has 0 aromatic heterocycles. The molecule has 1 heterocycles. The van der Waals surface area contributed by atoms with Crippen LogP contribution in [0.4, 0.5) is 0 Å². The smallest absolute Gasteiger partial charge is 0.224 e. The van der Waals surface area contributed by atoms with Gasteiger partial charge in [0, 0.05) is 32.2 Å². The predicted molar refractivity (Wildman–Crippen MR) is 71.6 cm³/mol. The van der Waals surface area contributed by atoms with Gasteiger partial charge < -0.3 is 10.2 Å². The molecule has 0 atom stereocenters. The number of piperazine rings is 1. The van der Waals surface area contributed by atoms with Crippen LogP contribution in [0.5, 0.6) is 0 Å². The number of nitrogens with one attached hydrogen (secondary N) is 2. The Bertz CT molecular complexity index is 348. The van der Waals surface area contributed by atoms with Crippen molar-refractivity contribution in [1.29, 1.82) is 0 Å². The fourth-order valence-electron chi connectivity index (χ4n) is 2.00. The van der Waals surface area contributed by atoms with E-state index >= 15 is 0 Å². The minimum absolute atomic E-state index is 0.207. The molecule has 1 saturated heterocycles. The van der Waals surface area contributed by atoms with Crippen LogP contribution >= 0.6 is 0 Å². The number of hydrogen-bond donors (Lipinski definition) is 2. The summed E-state index contributed by atoms with van der Waals surface area (Å²) in [6.07, 6.45) is 3.16. The lowest BCUT2D eigenvalue weighted by atomic mass is 10.4. The molecule has 0 amide bonds. The zero-order valence-electron chi connectivity index (χ0n) is 11.1. The van der Waals surface area contributed by atoms with E-state index < -0.39 is 10.0 Å². The maximum atomic E-state index is 11.8. The van der Waals surface area contributed by atoms with Crippen LogP contribution in [-0.4, -0.2) is 69.9 Å². The molecule has 0 aromatic carbocycles. The number of sulfonamides is 1. The van der Waals surface area contributed by atoms with Crippen LogP contribution in [0.25, 0.3) is 0 Å². The SMILES string of the molecule is CN1CCN(NS(=O)(=O)CCCNC2CC2)CC1. The molecule has 7 heteroatoms. The Kier molecular flexibility index (Phi) is 4.97. The number of hydrogen-bond acceptors (Lipinski definition) is 5. The first-order valence-electron chi connectivity index (χ1n) is 6.72. The van der Waals surface area contributed by atoms with Gasteiger partial charge >= 0.3 is 0 Å². The largest absolute Gasteiger partial charge is 0.314 e. The van der Waals surface area contributed by atoms with E-state index in [1.807, 2.05) is 5.01 Å². The van der Waals surface area contributed by atoms with Gasteiger partial charge in [-0.3, -0.25) is 0 Å². The highest BCUT2D eigenvalue weighted by atomic mass is 32.2. The van der Waals surface area contributed by atoms with Crippen molar-refractivity contribution in [2.24, 2.45) is 0 Å². The van der Waals surface area contributed by atoms with Crippen LogP contribution in [0.3, 0.4) is 0 Å². The highest BCUT2D eigenvalue weighted by molar-refractivity contribution is 7.89. The van der Waals surface area contributed by atoms with Gasteiger partial charge in [0.15, 0.2) is 0 Å². The fourth-order valence-corrected chi connectivity index (χ4v) is 3.19. The molecular weight excluding hydrogens is 252 g/mol. The summed E-state index contributed by atoms with van der Waals surface area (Å²) in [5.74, 6) is 0.207. The van der Waals surface area contributed by atoms with Crippen LogP contribution in [0, 0.1) is 0 Å². The number of hydrazine groups is 1. The maximum Gasteiger partial charge on any atom is 0.224 e. The Hall–Kier alpha value is -0.210. The third-order valence-electron chi connectivity index (χ3n) is 3.37.